The molecule has 1 heterocycles. The van der Waals surface area contributed by atoms with E-state index in [1.807, 2.05) is 42.5 Å². The molecular formula is C21H23N3O2. The molecule has 0 aliphatic heterocycles. The Kier molecular flexibility index (Phi) is 5.61. The van der Waals surface area contributed by atoms with Gasteiger partial charge in [-0.1, -0.05) is 42.5 Å². The number of carbonyl (C=O) groups is 1. The van der Waals surface area contributed by atoms with Crippen LogP contribution in [-0.4, -0.2) is 24.4 Å². The third-order valence-corrected chi connectivity index (χ3v) is 4.41. The highest BCUT2D eigenvalue weighted by atomic mass is 16.5. The van der Waals surface area contributed by atoms with Gasteiger partial charge in [-0.25, -0.2) is 0 Å². The van der Waals surface area contributed by atoms with Crippen molar-refractivity contribution in [3.63, 3.8) is 0 Å². The summed E-state index contributed by atoms with van der Waals surface area (Å²) < 4.78 is 5.34. The van der Waals surface area contributed by atoms with E-state index in [-0.39, 0.29) is 11.8 Å². The van der Waals surface area contributed by atoms with Crippen LogP contribution in [0.15, 0.2) is 54.7 Å². The van der Waals surface area contributed by atoms with Crippen LogP contribution in [0.2, 0.25) is 0 Å². The molecule has 0 saturated heterocycles. The fraction of sp³-hybridized carbons (Fsp3) is 0.238. The second-order valence-electron chi connectivity index (χ2n) is 6.19. The van der Waals surface area contributed by atoms with E-state index in [0.29, 0.717) is 24.2 Å². The molecular weight excluding hydrogens is 326 g/mol. The lowest BCUT2D eigenvalue weighted by Crippen LogP contribution is -2.21. The van der Waals surface area contributed by atoms with E-state index >= 15 is 0 Å². The molecule has 0 spiro atoms. The van der Waals surface area contributed by atoms with E-state index in [2.05, 4.69) is 10.3 Å². The highest BCUT2D eigenvalue weighted by Gasteiger charge is 2.17. The third kappa shape index (κ3) is 3.59. The van der Waals surface area contributed by atoms with E-state index in [1.54, 1.807) is 26.3 Å². The summed E-state index contributed by atoms with van der Waals surface area (Å²) in [5.74, 6) is -0.00743. The number of hydrogen-bond acceptors (Lipinski definition) is 5. The largest absolute Gasteiger partial charge is 0.380 e. The number of hydrogen-bond donors (Lipinski definition) is 2. The van der Waals surface area contributed by atoms with Crippen molar-refractivity contribution in [2.24, 2.45) is 5.73 Å². The molecule has 3 N–H and O–H groups in total. The summed E-state index contributed by atoms with van der Waals surface area (Å²) in [4.78, 5) is 16.5. The predicted molar refractivity (Wildman–Crippen MR) is 104 cm³/mol. The molecule has 0 unspecified atom stereocenters. The first-order valence-electron chi connectivity index (χ1n) is 8.57. The number of methoxy groups -OCH3 is 1. The van der Waals surface area contributed by atoms with Crippen molar-refractivity contribution < 1.29 is 9.53 Å². The van der Waals surface area contributed by atoms with Crippen molar-refractivity contribution in [3.8, 4) is 0 Å². The van der Waals surface area contributed by atoms with Crippen molar-refractivity contribution in [3.05, 3.63) is 71.4 Å². The molecule has 5 heteroatoms. The predicted octanol–water partition coefficient (Wildman–Crippen LogP) is 3.70. The summed E-state index contributed by atoms with van der Waals surface area (Å²) >= 11 is 0. The van der Waals surface area contributed by atoms with Gasteiger partial charge in [-0.15, -0.1) is 0 Å². The minimum absolute atomic E-state index is 0.00743. The van der Waals surface area contributed by atoms with Crippen LogP contribution in [-0.2, 0) is 11.3 Å². The zero-order chi connectivity index (χ0) is 18.5. The van der Waals surface area contributed by atoms with E-state index in [1.165, 1.54) is 0 Å². The van der Waals surface area contributed by atoms with Crippen LogP contribution in [0, 0.1) is 0 Å². The van der Waals surface area contributed by atoms with Gasteiger partial charge in [-0.05, 0) is 18.6 Å². The smallest absolute Gasteiger partial charge is 0.161 e. The minimum Gasteiger partial charge on any atom is -0.380 e. The first kappa shape index (κ1) is 18.0. The zero-order valence-corrected chi connectivity index (χ0v) is 15.0. The van der Waals surface area contributed by atoms with Gasteiger partial charge < -0.3 is 15.8 Å². The number of ketones is 1. The SMILES string of the molecule is COCc1cnc2c(C(C)=O)cccc2c1N[C@H](CN)c1ccccc1. The maximum atomic E-state index is 12.0. The average Bonchev–Trinajstić information content (AvgIpc) is 2.67. The molecule has 5 nitrogen and oxygen atoms in total. The molecule has 2 aromatic carbocycles. The van der Waals surface area contributed by atoms with Crippen molar-refractivity contribution >= 4 is 22.4 Å². The molecule has 3 aromatic rings. The summed E-state index contributed by atoms with van der Waals surface area (Å²) in [6.45, 7) is 2.41. The lowest BCUT2D eigenvalue weighted by Gasteiger charge is -2.22. The molecule has 0 aliphatic carbocycles. The molecule has 0 saturated carbocycles. The monoisotopic (exact) mass is 349 g/mol. The second kappa shape index (κ2) is 8.08. The number of carbonyl (C=O) groups excluding carboxylic acids is 1. The molecule has 0 aliphatic rings. The minimum atomic E-state index is -0.0570. The number of fused-ring (bicyclic) bond motifs is 1. The molecule has 1 atom stereocenters. The molecule has 134 valence electrons. The van der Waals surface area contributed by atoms with Crippen LogP contribution in [0.25, 0.3) is 10.9 Å². The lowest BCUT2D eigenvalue weighted by molar-refractivity contribution is 0.101. The van der Waals surface area contributed by atoms with Crippen LogP contribution in [0.5, 0.6) is 0 Å². The Bertz CT molecular complexity index is 910. The number of ether oxygens (including phenoxy) is 1. The van der Waals surface area contributed by atoms with E-state index in [0.717, 1.165) is 22.2 Å². The Balaban J connectivity index is 2.14. The van der Waals surface area contributed by atoms with Gasteiger partial charge in [0.05, 0.1) is 23.9 Å². The summed E-state index contributed by atoms with van der Waals surface area (Å²) in [7, 11) is 1.65. The van der Waals surface area contributed by atoms with Gasteiger partial charge in [-0.3, -0.25) is 9.78 Å². The molecule has 0 bridgehead atoms. The summed E-state index contributed by atoms with van der Waals surface area (Å²) in [5.41, 5.74) is 10.3. The van der Waals surface area contributed by atoms with Gasteiger partial charge in [0, 0.05) is 36.4 Å². The molecule has 26 heavy (non-hydrogen) atoms. The van der Waals surface area contributed by atoms with Crippen molar-refractivity contribution in [2.45, 2.75) is 19.6 Å². The summed E-state index contributed by atoms with van der Waals surface area (Å²) in [6.07, 6.45) is 1.76. The highest BCUT2D eigenvalue weighted by Crippen LogP contribution is 2.31. The quantitative estimate of drug-likeness (QED) is 0.636. The van der Waals surface area contributed by atoms with Gasteiger partial charge in [0.1, 0.15) is 0 Å². The van der Waals surface area contributed by atoms with E-state index in [9.17, 15) is 4.79 Å². The number of nitrogens with two attached hydrogens (primary N) is 1. The Labute approximate surface area is 153 Å². The number of nitrogens with zero attached hydrogens (tertiary/aromatic N) is 1. The van der Waals surface area contributed by atoms with Gasteiger partial charge >= 0.3 is 0 Å². The summed E-state index contributed by atoms with van der Waals surface area (Å²) in [5, 5.41) is 4.44. The van der Waals surface area contributed by atoms with Crippen LogP contribution >= 0.6 is 0 Å². The number of rotatable bonds is 7. The first-order valence-corrected chi connectivity index (χ1v) is 8.57. The van der Waals surface area contributed by atoms with E-state index < -0.39 is 0 Å². The van der Waals surface area contributed by atoms with Crippen LogP contribution in [0.3, 0.4) is 0 Å². The average molecular weight is 349 g/mol. The molecule has 3 rings (SSSR count). The van der Waals surface area contributed by atoms with Gasteiger partial charge in [-0.2, -0.15) is 0 Å². The Morgan fingerprint density at radius 2 is 1.96 bits per heavy atom. The maximum Gasteiger partial charge on any atom is 0.161 e. The van der Waals surface area contributed by atoms with Gasteiger partial charge in [0.15, 0.2) is 5.78 Å². The number of anilines is 1. The van der Waals surface area contributed by atoms with Crippen LogP contribution in [0.1, 0.15) is 34.5 Å². The second-order valence-corrected chi connectivity index (χ2v) is 6.19. The fourth-order valence-electron chi connectivity index (χ4n) is 3.12. The van der Waals surface area contributed by atoms with Crippen molar-refractivity contribution in [1.29, 1.82) is 0 Å². The number of aromatic nitrogens is 1. The molecule has 0 amide bonds. The lowest BCUT2D eigenvalue weighted by atomic mass is 10.0. The third-order valence-electron chi connectivity index (χ3n) is 4.41. The maximum absolute atomic E-state index is 12.0. The number of nitrogens with one attached hydrogen (secondary N) is 1. The van der Waals surface area contributed by atoms with Crippen LogP contribution < -0.4 is 11.1 Å². The van der Waals surface area contributed by atoms with Crippen molar-refractivity contribution in [1.82, 2.24) is 4.98 Å². The Morgan fingerprint density at radius 1 is 1.19 bits per heavy atom. The topological polar surface area (TPSA) is 77.2 Å². The zero-order valence-electron chi connectivity index (χ0n) is 15.0. The number of pyridine rings is 1. The van der Waals surface area contributed by atoms with Crippen LogP contribution in [0.4, 0.5) is 5.69 Å². The fourth-order valence-corrected chi connectivity index (χ4v) is 3.12. The van der Waals surface area contributed by atoms with E-state index in [4.69, 9.17) is 10.5 Å². The highest BCUT2D eigenvalue weighted by molar-refractivity contribution is 6.08. The van der Waals surface area contributed by atoms with Gasteiger partial charge in [0.2, 0.25) is 0 Å². The van der Waals surface area contributed by atoms with Gasteiger partial charge in [0.25, 0.3) is 0 Å². The number of Topliss-reactive ketones (excluding diaryl/α,β-unsaturated/α-hetero) is 1. The molecule has 0 fully saturated rings. The van der Waals surface area contributed by atoms with Crippen molar-refractivity contribution in [2.75, 3.05) is 19.0 Å². The molecule has 1 aromatic heterocycles. The standard InChI is InChI=1S/C21H23N3O2/c1-14(25)17-9-6-10-18-20(16(13-26-2)12-23-21(17)18)24-19(11-22)15-7-4-3-5-8-15/h3-10,12,19H,11,13,22H2,1-2H3,(H,23,24)/t19-/m1/s1. The normalized spacial score (nSPS) is 12.1. The molecule has 0 radical (unpaired) electrons. The summed E-state index contributed by atoms with van der Waals surface area (Å²) in [6, 6.07) is 15.7. The Morgan fingerprint density at radius 3 is 2.62 bits per heavy atom. The Hall–Kier alpha value is -2.76. The first-order chi connectivity index (χ1) is 12.7. The number of benzene rings is 2. The number of para-hydroxylation sites is 1.